The zero-order chi connectivity index (χ0) is 24.5. The van der Waals surface area contributed by atoms with Gasteiger partial charge in [0.25, 0.3) is 5.91 Å². The number of halogens is 3. The van der Waals surface area contributed by atoms with E-state index < -0.39 is 22.5 Å². The number of rotatable bonds is 5. The molecule has 4 rings (SSSR count). The van der Waals surface area contributed by atoms with Crippen molar-refractivity contribution >= 4 is 28.7 Å². The summed E-state index contributed by atoms with van der Waals surface area (Å²) >= 11 is 1.28. The summed E-state index contributed by atoms with van der Waals surface area (Å²) in [5.41, 5.74) is -0.0761. The van der Waals surface area contributed by atoms with Gasteiger partial charge in [-0.15, -0.1) is 0 Å². The summed E-state index contributed by atoms with van der Waals surface area (Å²) in [7, 11) is 0. The first-order chi connectivity index (χ1) is 16.1. The highest BCUT2D eigenvalue weighted by Crippen LogP contribution is 2.41. The number of hydrogen-bond acceptors (Lipinski definition) is 4. The van der Waals surface area contributed by atoms with Gasteiger partial charge in [0, 0.05) is 19.3 Å². The van der Waals surface area contributed by atoms with Crippen molar-refractivity contribution in [1.82, 2.24) is 15.2 Å². The van der Waals surface area contributed by atoms with Crippen LogP contribution in [0, 0.1) is 5.92 Å². The summed E-state index contributed by atoms with van der Waals surface area (Å²) in [5, 5.41) is 3.11. The van der Waals surface area contributed by atoms with Gasteiger partial charge in [-0.1, -0.05) is 30.0 Å². The fourth-order valence-corrected chi connectivity index (χ4v) is 5.84. The fraction of sp³-hybridized carbons (Fsp3) is 0.458. The van der Waals surface area contributed by atoms with Crippen LogP contribution in [0.25, 0.3) is 0 Å². The van der Waals surface area contributed by atoms with Gasteiger partial charge in [0.1, 0.15) is 5.69 Å². The highest BCUT2D eigenvalue weighted by molar-refractivity contribution is 8.16. The van der Waals surface area contributed by atoms with Crippen molar-refractivity contribution in [2.45, 2.75) is 50.1 Å². The second-order valence-electron chi connectivity index (χ2n) is 9.01. The van der Waals surface area contributed by atoms with E-state index in [9.17, 15) is 22.8 Å². The largest absolute Gasteiger partial charge is 0.416 e. The predicted molar refractivity (Wildman–Crippen MR) is 125 cm³/mol. The molecule has 2 aliphatic rings. The standard InChI is InChI=1S/C24H27F3N4O2S/c1-15(17-6-3-4-7-18(17)24(25,26)27)29-22-30-21(33)23(2,34-22)14-16-9-12-31(13-10-16)20(32)19-8-5-11-28-19/h3-8,11,15-16,28H,9-10,12-14H2,1-2H3,(H,29,30,33). The third-order valence-electron chi connectivity index (χ3n) is 6.46. The van der Waals surface area contributed by atoms with Crippen molar-refractivity contribution < 1.29 is 22.8 Å². The molecule has 34 heavy (non-hydrogen) atoms. The van der Waals surface area contributed by atoms with Crippen LogP contribution in [0.15, 0.2) is 47.6 Å². The molecule has 6 nitrogen and oxygen atoms in total. The Bertz CT molecular complexity index is 1080. The SMILES string of the molecule is CC(N=C1NC(=O)C(C)(CC2CCN(C(=O)c3ccc[nH]3)CC2)S1)c1ccccc1C(F)(F)F. The molecule has 2 aliphatic heterocycles. The van der Waals surface area contributed by atoms with Gasteiger partial charge in [-0.2, -0.15) is 13.2 Å². The van der Waals surface area contributed by atoms with Crippen molar-refractivity contribution in [3.05, 3.63) is 59.4 Å². The molecule has 2 N–H and O–H groups in total. The number of aromatic amines is 1. The minimum absolute atomic E-state index is 0.0230. The van der Waals surface area contributed by atoms with Gasteiger partial charge >= 0.3 is 6.18 Å². The first-order valence-corrected chi connectivity index (χ1v) is 12.1. The molecule has 2 atom stereocenters. The van der Waals surface area contributed by atoms with Crippen molar-refractivity contribution in [1.29, 1.82) is 0 Å². The maximum atomic E-state index is 13.4. The number of amides is 2. The number of aromatic nitrogens is 1. The van der Waals surface area contributed by atoms with Gasteiger partial charge in [0.05, 0.1) is 16.4 Å². The number of nitrogens with one attached hydrogen (secondary N) is 2. The van der Waals surface area contributed by atoms with Crippen LogP contribution in [-0.2, 0) is 11.0 Å². The smallest absolute Gasteiger partial charge is 0.357 e. The van der Waals surface area contributed by atoms with Gasteiger partial charge in [0.2, 0.25) is 5.91 Å². The van der Waals surface area contributed by atoms with Crippen molar-refractivity contribution in [3.8, 4) is 0 Å². The van der Waals surface area contributed by atoms with E-state index in [2.05, 4.69) is 15.3 Å². The lowest BCUT2D eigenvalue weighted by Crippen LogP contribution is -2.42. The van der Waals surface area contributed by atoms with Crippen LogP contribution in [0.1, 0.15) is 60.8 Å². The van der Waals surface area contributed by atoms with Crippen molar-refractivity contribution in [2.24, 2.45) is 10.9 Å². The highest BCUT2D eigenvalue weighted by atomic mass is 32.2. The minimum Gasteiger partial charge on any atom is -0.357 e. The quantitative estimate of drug-likeness (QED) is 0.616. The Balaban J connectivity index is 1.39. The summed E-state index contributed by atoms with van der Waals surface area (Å²) in [6.45, 7) is 4.69. The Kier molecular flexibility index (Phi) is 6.80. The molecule has 2 aromatic rings. The lowest BCUT2D eigenvalue weighted by atomic mass is 9.87. The number of hydrogen-bond donors (Lipinski definition) is 2. The lowest BCUT2D eigenvalue weighted by molar-refractivity contribution is -0.138. The zero-order valence-corrected chi connectivity index (χ0v) is 19.8. The number of aliphatic imine (C=N–C) groups is 1. The first-order valence-electron chi connectivity index (χ1n) is 11.2. The van der Waals surface area contributed by atoms with Gasteiger partial charge < -0.3 is 15.2 Å². The maximum Gasteiger partial charge on any atom is 0.416 e. The molecular weight excluding hydrogens is 465 g/mol. The van der Waals surface area contributed by atoms with Crippen LogP contribution in [0.4, 0.5) is 13.2 Å². The Hall–Kier alpha value is -2.75. The van der Waals surface area contributed by atoms with E-state index in [1.54, 1.807) is 31.3 Å². The number of carbonyl (C=O) groups excluding carboxylic acids is 2. The van der Waals surface area contributed by atoms with Gasteiger partial charge in [-0.05, 0) is 62.8 Å². The molecule has 3 heterocycles. The average Bonchev–Trinajstić information content (AvgIpc) is 3.42. The molecule has 0 bridgehead atoms. The average molecular weight is 493 g/mol. The number of piperidine rings is 1. The topological polar surface area (TPSA) is 77.6 Å². The fourth-order valence-electron chi connectivity index (χ4n) is 4.60. The van der Waals surface area contributed by atoms with E-state index in [1.165, 1.54) is 23.9 Å². The van der Waals surface area contributed by atoms with E-state index in [4.69, 9.17) is 0 Å². The molecule has 10 heteroatoms. The Morgan fingerprint density at radius 1 is 1.24 bits per heavy atom. The Morgan fingerprint density at radius 3 is 2.59 bits per heavy atom. The van der Waals surface area contributed by atoms with E-state index >= 15 is 0 Å². The highest BCUT2D eigenvalue weighted by Gasteiger charge is 2.45. The molecule has 2 fully saturated rings. The molecule has 0 spiro atoms. The first kappa shape index (κ1) is 24.4. The third-order valence-corrected chi connectivity index (χ3v) is 7.66. The molecule has 1 aromatic carbocycles. The predicted octanol–water partition coefficient (Wildman–Crippen LogP) is 5.01. The molecule has 0 saturated carbocycles. The molecular formula is C24H27F3N4O2S. The number of carbonyl (C=O) groups is 2. The molecule has 0 radical (unpaired) electrons. The second kappa shape index (κ2) is 9.48. The molecule has 0 aliphatic carbocycles. The number of amidine groups is 1. The van der Waals surface area contributed by atoms with Crippen LogP contribution in [0.3, 0.4) is 0 Å². The minimum atomic E-state index is -4.47. The number of nitrogens with zero attached hydrogens (tertiary/aromatic N) is 2. The van der Waals surface area contributed by atoms with E-state index in [1.807, 2.05) is 11.8 Å². The summed E-state index contributed by atoms with van der Waals surface area (Å²) in [6.07, 6.45) is -0.558. The summed E-state index contributed by atoms with van der Waals surface area (Å²) < 4.78 is 39.4. The Morgan fingerprint density at radius 2 is 1.94 bits per heavy atom. The van der Waals surface area contributed by atoms with Crippen LogP contribution >= 0.6 is 11.8 Å². The van der Waals surface area contributed by atoms with Crippen LogP contribution in [0.5, 0.6) is 0 Å². The van der Waals surface area contributed by atoms with E-state index in [0.717, 1.165) is 18.9 Å². The maximum absolute atomic E-state index is 13.4. The summed E-state index contributed by atoms with van der Waals surface area (Å²) in [5.74, 6) is 0.0568. The number of H-pyrrole nitrogens is 1. The second-order valence-corrected chi connectivity index (χ2v) is 10.5. The van der Waals surface area contributed by atoms with E-state index in [-0.39, 0.29) is 23.3 Å². The molecule has 2 unspecified atom stereocenters. The van der Waals surface area contributed by atoms with Gasteiger partial charge in [0.15, 0.2) is 5.17 Å². The van der Waals surface area contributed by atoms with Crippen LogP contribution < -0.4 is 5.32 Å². The zero-order valence-electron chi connectivity index (χ0n) is 19.0. The molecule has 1 aromatic heterocycles. The lowest BCUT2D eigenvalue weighted by Gasteiger charge is -2.34. The molecule has 2 amide bonds. The van der Waals surface area contributed by atoms with Crippen LogP contribution in [-0.4, -0.2) is 44.7 Å². The third kappa shape index (κ3) is 5.16. The van der Waals surface area contributed by atoms with Crippen LogP contribution in [0.2, 0.25) is 0 Å². The Labute approximate surface area is 200 Å². The van der Waals surface area contributed by atoms with Gasteiger partial charge in [-0.25, -0.2) is 0 Å². The van der Waals surface area contributed by atoms with E-state index in [0.29, 0.717) is 30.4 Å². The number of alkyl halides is 3. The normalized spacial score (nSPS) is 23.9. The number of likely N-dealkylation sites (tertiary alicyclic amines) is 1. The van der Waals surface area contributed by atoms with Gasteiger partial charge in [-0.3, -0.25) is 14.6 Å². The summed E-state index contributed by atoms with van der Waals surface area (Å²) in [4.78, 5) is 34.5. The van der Waals surface area contributed by atoms with Crippen molar-refractivity contribution in [3.63, 3.8) is 0 Å². The van der Waals surface area contributed by atoms with Crippen molar-refractivity contribution in [2.75, 3.05) is 13.1 Å². The monoisotopic (exact) mass is 492 g/mol. The molecule has 182 valence electrons. The number of thioether (sulfide) groups is 1. The summed E-state index contributed by atoms with van der Waals surface area (Å²) in [6, 6.07) is 8.15. The molecule has 2 saturated heterocycles. The number of benzene rings is 1.